The van der Waals surface area contributed by atoms with Crippen LogP contribution in [-0.2, 0) is 30.5 Å². The van der Waals surface area contributed by atoms with Gasteiger partial charge in [-0.15, -0.1) is 0 Å². The lowest BCUT2D eigenvalue weighted by Gasteiger charge is -2.22. The van der Waals surface area contributed by atoms with E-state index >= 15 is 4.39 Å². The molecule has 3 aliphatic heterocycles. The second-order valence-electron chi connectivity index (χ2n) is 14.4. The number of likely N-dealkylation sites (tertiary alicyclic amines) is 2. The van der Waals surface area contributed by atoms with Gasteiger partial charge in [0.1, 0.15) is 23.1 Å². The molecule has 17 heteroatoms. The highest BCUT2D eigenvalue weighted by Gasteiger charge is 2.42. The van der Waals surface area contributed by atoms with E-state index in [4.69, 9.17) is 9.15 Å². The zero-order valence-electron chi connectivity index (χ0n) is 30.5. The number of carbonyl (C=O) groups excluding carboxylic acids is 1. The van der Waals surface area contributed by atoms with Crippen LogP contribution in [0.5, 0.6) is 5.88 Å². The molecule has 3 aliphatic rings. The van der Waals surface area contributed by atoms with Gasteiger partial charge in [0.15, 0.2) is 17.0 Å². The molecule has 5 aromatic rings. The summed E-state index contributed by atoms with van der Waals surface area (Å²) >= 11 is 0. The van der Waals surface area contributed by atoms with E-state index in [0.717, 1.165) is 5.56 Å². The van der Waals surface area contributed by atoms with E-state index in [0.29, 0.717) is 55.7 Å². The summed E-state index contributed by atoms with van der Waals surface area (Å²) in [6.45, 7) is 1.98. The van der Waals surface area contributed by atoms with Gasteiger partial charge in [-0.05, 0) is 66.8 Å². The van der Waals surface area contributed by atoms with Crippen LogP contribution < -0.4 is 9.64 Å². The first kappa shape index (κ1) is 37.9. The van der Waals surface area contributed by atoms with Crippen molar-refractivity contribution in [2.24, 2.45) is 5.92 Å². The minimum atomic E-state index is -5.03. The molecule has 13 nitrogen and oxygen atoms in total. The Bertz CT molecular complexity index is 2470. The number of fused-ring (bicyclic) bond motifs is 2. The molecule has 0 bridgehead atoms. The summed E-state index contributed by atoms with van der Waals surface area (Å²) in [5, 5.41) is 29.2. The van der Waals surface area contributed by atoms with E-state index in [9.17, 15) is 38.2 Å². The molecule has 57 heavy (non-hydrogen) atoms. The van der Waals surface area contributed by atoms with Crippen LogP contribution in [0.4, 0.5) is 23.2 Å². The molecule has 2 aromatic heterocycles. The maximum atomic E-state index is 16.6. The number of aliphatic hydroxyl groups excluding tert-OH is 1. The van der Waals surface area contributed by atoms with Crippen molar-refractivity contribution in [2.75, 3.05) is 44.7 Å². The monoisotopic (exact) mass is 785 g/mol. The summed E-state index contributed by atoms with van der Waals surface area (Å²) in [6.07, 6.45) is -4.46. The molecule has 1 amide bonds. The smallest absolute Gasteiger partial charge is 0.435 e. The van der Waals surface area contributed by atoms with Crippen LogP contribution >= 0.6 is 0 Å². The van der Waals surface area contributed by atoms with Gasteiger partial charge in [0, 0.05) is 50.5 Å². The lowest BCUT2D eigenvalue weighted by Crippen LogP contribution is -2.33. The van der Waals surface area contributed by atoms with Crippen molar-refractivity contribution in [3.8, 4) is 34.5 Å². The number of aliphatic hydroxyl groups is 1. The number of hydrogen-bond donors (Lipinski definition) is 2. The lowest BCUT2D eigenvalue weighted by atomic mass is 9.95. The molecule has 294 valence electrons. The minimum Gasteiger partial charge on any atom is -0.481 e. The van der Waals surface area contributed by atoms with E-state index in [1.807, 2.05) is 4.90 Å². The van der Waals surface area contributed by atoms with Crippen molar-refractivity contribution < 1.29 is 46.5 Å². The number of hydrogen-bond acceptors (Lipinski definition) is 11. The Labute approximate surface area is 322 Å². The summed E-state index contributed by atoms with van der Waals surface area (Å²) in [4.78, 5) is 42.7. The van der Waals surface area contributed by atoms with E-state index in [1.165, 1.54) is 24.1 Å². The fourth-order valence-corrected chi connectivity index (χ4v) is 7.98. The number of halogens is 4. The Morgan fingerprint density at radius 2 is 1.72 bits per heavy atom. The average Bonchev–Trinajstić information content (AvgIpc) is 4.01. The van der Waals surface area contributed by atoms with Crippen molar-refractivity contribution in [1.29, 1.82) is 5.26 Å². The lowest BCUT2D eigenvalue weighted by molar-refractivity contribution is -0.142. The summed E-state index contributed by atoms with van der Waals surface area (Å²) in [6, 6.07) is 14.9. The quantitative estimate of drug-likeness (QED) is 0.176. The van der Waals surface area contributed by atoms with Crippen LogP contribution in [0.1, 0.15) is 51.4 Å². The molecule has 0 saturated carbocycles. The number of alkyl halides is 3. The van der Waals surface area contributed by atoms with Gasteiger partial charge < -0.3 is 24.3 Å². The third kappa shape index (κ3) is 7.16. The number of carboxylic acids is 1. The number of carbonyl (C=O) groups is 2. The number of rotatable bonds is 9. The number of carboxylic acid groups (broad SMARTS) is 1. The fourth-order valence-electron chi connectivity index (χ4n) is 7.98. The Morgan fingerprint density at radius 3 is 2.42 bits per heavy atom. The van der Waals surface area contributed by atoms with Crippen LogP contribution in [0.25, 0.3) is 33.7 Å². The van der Waals surface area contributed by atoms with Gasteiger partial charge in [0.2, 0.25) is 11.8 Å². The largest absolute Gasteiger partial charge is 0.481 e. The molecule has 0 radical (unpaired) electrons. The molecule has 0 aliphatic carbocycles. The first-order valence-electron chi connectivity index (χ1n) is 18.3. The Balaban J connectivity index is 1.10. The molecule has 2 N–H and O–H groups in total. The number of aliphatic carboxylic acids is 1. The highest BCUT2D eigenvalue weighted by molar-refractivity contribution is 6.07. The Morgan fingerprint density at radius 1 is 0.982 bits per heavy atom. The van der Waals surface area contributed by atoms with Crippen LogP contribution in [-0.4, -0.2) is 92.8 Å². The van der Waals surface area contributed by atoms with Crippen LogP contribution in [0.2, 0.25) is 0 Å². The maximum absolute atomic E-state index is 16.6. The maximum Gasteiger partial charge on any atom is 0.435 e. The van der Waals surface area contributed by atoms with Crippen LogP contribution in [0, 0.1) is 23.1 Å². The van der Waals surface area contributed by atoms with Gasteiger partial charge in [-0.1, -0.05) is 24.3 Å². The van der Waals surface area contributed by atoms with E-state index in [-0.39, 0.29) is 71.5 Å². The first-order chi connectivity index (χ1) is 27.3. The minimum absolute atomic E-state index is 0.00207. The molecular formula is C40H35F4N7O6. The van der Waals surface area contributed by atoms with Crippen LogP contribution in [0.15, 0.2) is 52.9 Å². The normalized spacial score (nSPS) is 18.6. The van der Waals surface area contributed by atoms with Gasteiger partial charge in [0.25, 0.3) is 5.91 Å². The highest BCUT2D eigenvalue weighted by Crippen LogP contribution is 2.41. The predicted octanol–water partition coefficient (Wildman–Crippen LogP) is 5.67. The molecule has 8 rings (SSSR count). The van der Waals surface area contributed by atoms with Crippen molar-refractivity contribution in [1.82, 2.24) is 24.8 Å². The van der Waals surface area contributed by atoms with Crippen LogP contribution in [0.3, 0.4) is 0 Å². The summed E-state index contributed by atoms with van der Waals surface area (Å²) in [5.41, 5.74) is 0.263. The molecule has 2 atom stereocenters. The Kier molecular flexibility index (Phi) is 9.88. The number of β-amino-alcohol motifs (C(OH)–C–C–N with tert-alkyl or cyclic N) is 1. The number of benzene rings is 3. The fraction of sp³-hybridized carbons (Fsp3) is 0.350. The first-order valence-corrected chi connectivity index (χ1v) is 18.3. The number of oxazole rings is 1. The third-order valence-electron chi connectivity index (χ3n) is 10.7. The summed E-state index contributed by atoms with van der Waals surface area (Å²) < 4.78 is 71.3. The average molecular weight is 786 g/mol. The SMILES string of the molecule is COc1nc(C(=O)N2CCc3c(-c4cccc(-c5nc6cc(CN7CC[C@@H](C(=O)O)C7)cc(C#N)c6o5)c4F)cccc32)c(C(F)(F)F)nc1CN1CC[C@@H](O)C1. The highest BCUT2D eigenvalue weighted by atomic mass is 19.4. The number of methoxy groups -OCH3 is 1. The van der Waals surface area contributed by atoms with Gasteiger partial charge in [-0.25, -0.2) is 19.3 Å². The number of nitriles is 1. The second kappa shape index (κ2) is 14.8. The number of aromatic nitrogens is 3. The van der Waals surface area contributed by atoms with Crippen molar-refractivity contribution in [3.05, 3.63) is 88.1 Å². The van der Waals surface area contributed by atoms with Gasteiger partial charge in [0.05, 0.1) is 30.3 Å². The van der Waals surface area contributed by atoms with Crippen molar-refractivity contribution >= 4 is 28.7 Å². The number of amides is 1. The molecule has 3 aromatic carbocycles. The number of ether oxygens (including phenoxy) is 1. The van der Waals surface area contributed by atoms with Gasteiger partial charge >= 0.3 is 12.1 Å². The predicted molar refractivity (Wildman–Crippen MR) is 195 cm³/mol. The molecule has 0 spiro atoms. The van der Waals surface area contributed by atoms with Crippen molar-refractivity contribution in [3.63, 3.8) is 0 Å². The van der Waals surface area contributed by atoms with E-state index < -0.39 is 47.3 Å². The second-order valence-corrected chi connectivity index (χ2v) is 14.4. The van der Waals surface area contributed by atoms with E-state index in [1.54, 1.807) is 41.3 Å². The summed E-state index contributed by atoms with van der Waals surface area (Å²) in [5.74, 6) is -3.38. The Hall–Kier alpha value is -5.96. The third-order valence-corrected chi connectivity index (χ3v) is 10.7. The molecule has 0 unspecified atom stereocenters. The van der Waals surface area contributed by atoms with Gasteiger partial charge in [-0.2, -0.15) is 18.4 Å². The molecule has 5 heterocycles. The van der Waals surface area contributed by atoms with Crippen molar-refractivity contribution in [2.45, 2.75) is 44.6 Å². The zero-order chi connectivity index (χ0) is 40.2. The molecule has 2 fully saturated rings. The topological polar surface area (TPSA) is 169 Å². The standard InChI is InChI=1S/C40H35F4N7O6/c1-56-37-30(20-50-12-9-24(52)19-50)46-35(40(42,43)44)33(48-37)38(53)51-13-10-26-25(4-3-7-31(26)51)27-5-2-6-28(32(27)41)36-47-29-15-21(14-23(16-45)34(29)57-36)17-49-11-8-22(18-49)39(54)55/h2-7,14-15,22,24,52H,8-13,17-20H2,1H3,(H,54,55)/t22-,24-/m1/s1. The zero-order valence-corrected chi connectivity index (χ0v) is 30.5. The van der Waals surface area contributed by atoms with E-state index in [2.05, 4.69) is 21.0 Å². The van der Waals surface area contributed by atoms with Gasteiger partial charge in [-0.3, -0.25) is 19.4 Å². The number of nitrogens with zero attached hydrogens (tertiary/aromatic N) is 7. The summed E-state index contributed by atoms with van der Waals surface area (Å²) in [7, 11) is 1.23. The molecule has 2 saturated heterocycles. The number of anilines is 1. The molecular weight excluding hydrogens is 750 g/mol.